The Balaban J connectivity index is 0.779. The molecule has 2 aromatic carbocycles. The average Bonchev–Trinajstić information content (AvgIpc) is 3.81. The van der Waals surface area contributed by atoms with Crippen LogP contribution >= 0.6 is 0 Å². The maximum Gasteiger partial charge on any atom is 0.328 e. The Labute approximate surface area is 330 Å². The molecule has 3 aromatic heterocycles. The summed E-state index contributed by atoms with van der Waals surface area (Å²) in [5.74, 6) is -0.593. The smallest absolute Gasteiger partial charge is 0.328 e. The fourth-order valence-electron chi connectivity index (χ4n) is 8.99. The molecule has 57 heavy (non-hydrogen) atoms. The van der Waals surface area contributed by atoms with Crippen LogP contribution in [0.4, 0.5) is 21.9 Å². The van der Waals surface area contributed by atoms with Crippen LogP contribution in [-0.2, 0) is 10.4 Å². The molecule has 0 spiro atoms. The summed E-state index contributed by atoms with van der Waals surface area (Å²) in [6.07, 6.45) is 8.17. The lowest BCUT2D eigenvalue weighted by atomic mass is 9.95. The largest absolute Gasteiger partial charge is 0.386 e. The highest BCUT2D eigenvalue weighted by Crippen LogP contribution is 2.35. The SMILES string of the molecule is CC(C)(O)c1cc2nn(C3CCN(C4CCN(C5CN(c6ccc(N7CCC(=O)NC7=O)cc6)C5)CC4)CC3)cc2cc1NC(=O)c1ccc2cc(C#N)cnn12. The fourth-order valence-corrected chi connectivity index (χ4v) is 8.99. The van der Waals surface area contributed by atoms with E-state index in [4.69, 9.17) is 5.10 Å². The van der Waals surface area contributed by atoms with E-state index in [1.807, 2.05) is 24.3 Å². The van der Waals surface area contributed by atoms with Gasteiger partial charge in [0, 0.05) is 98.5 Å². The molecule has 0 unspecified atom stereocenters. The van der Waals surface area contributed by atoms with E-state index < -0.39 is 5.60 Å². The second kappa shape index (κ2) is 14.6. The topological polar surface area (TPSA) is 167 Å². The van der Waals surface area contributed by atoms with Crippen LogP contribution < -0.4 is 20.4 Å². The van der Waals surface area contributed by atoms with E-state index in [-0.39, 0.29) is 23.9 Å². The molecular weight excluding hydrogens is 723 g/mol. The van der Waals surface area contributed by atoms with Crippen molar-refractivity contribution in [2.75, 3.05) is 60.9 Å². The molecule has 0 saturated carbocycles. The third-order valence-electron chi connectivity index (χ3n) is 12.3. The van der Waals surface area contributed by atoms with Crippen LogP contribution in [0.25, 0.3) is 16.4 Å². The molecule has 15 nitrogen and oxygen atoms in total. The second-order valence-corrected chi connectivity index (χ2v) is 16.4. The number of nitrogens with one attached hydrogen (secondary N) is 2. The summed E-state index contributed by atoms with van der Waals surface area (Å²) in [6.45, 7) is 10.1. The molecule has 0 bridgehead atoms. The second-order valence-electron chi connectivity index (χ2n) is 16.4. The number of nitriles is 1. The minimum atomic E-state index is -1.23. The molecule has 7 heterocycles. The van der Waals surface area contributed by atoms with Gasteiger partial charge >= 0.3 is 6.03 Å². The Morgan fingerprint density at radius 1 is 0.895 bits per heavy atom. The van der Waals surface area contributed by atoms with Gasteiger partial charge in [-0.3, -0.25) is 29.4 Å². The number of aromatic nitrogens is 4. The monoisotopic (exact) mass is 769 g/mol. The van der Waals surface area contributed by atoms with Crippen molar-refractivity contribution in [1.82, 2.24) is 34.5 Å². The zero-order chi connectivity index (χ0) is 39.4. The van der Waals surface area contributed by atoms with Gasteiger partial charge in [0.1, 0.15) is 11.8 Å². The highest BCUT2D eigenvalue weighted by Gasteiger charge is 2.36. The van der Waals surface area contributed by atoms with Crippen LogP contribution in [0.2, 0.25) is 0 Å². The first-order valence-corrected chi connectivity index (χ1v) is 19.9. The number of hydrogen-bond acceptors (Lipinski definition) is 10. The molecule has 5 aromatic rings. The summed E-state index contributed by atoms with van der Waals surface area (Å²) in [7, 11) is 0. The lowest BCUT2D eigenvalue weighted by Crippen LogP contribution is -2.62. The molecule has 9 rings (SSSR count). The van der Waals surface area contributed by atoms with E-state index in [2.05, 4.69) is 59.5 Å². The molecule has 0 radical (unpaired) electrons. The van der Waals surface area contributed by atoms with E-state index in [9.17, 15) is 24.8 Å². The minimum absolute atomic E-state index is 0.224. The van der Waals surface area contributed by atoms with Gasteiger partial charge < -0.3 is 20.2 Å². The molecule has 294 valence electrons. The van der Waals surface area contributed by atoms with Crippen molar-refractivity contribution in [2.45, 2.75) is 69.7 Å². The molecule has 4 amide bonds. The summed E-state index contributed by atoms with van der Waals surface area (Å²) in [6, 6.07) is 20.1. The number of piperidine rings is 2. The summed E-state index contributed by atoms with van der Waals surface area (Å²) < 4.78 is 3.58. The molecule has 3 N–H and O–H groups in total. The van der Waals surface area contributed by atoms with E-state index in [1.165, 1.54) is 23.6 Å². The van der Waals surface area contributed by atoms with Gasteiger partial charge in [-0.05, 0) is 94.1 Å². The maximum atomic E-state index is 13.5. The Bertz CT molecular complexity index is 2390. The highest BCUT2D eigenvalue weighted by atomic mass is 16.3. The van der Waals surface area contributed by atoms with Crippen molar-refractivity contribution in [3.63, 3.8) is 0 Å². The van der Waals surface area contributed by atoms with Gasteiger partial charge in [0.05, 0.1) is 34.4 Å². The third kappa shape index (κ3) is 7.20. The first-order chi connectivity index (χ1) is 27.5. The number of carbonyl (C=O) groups is 3. The van der Waals surface area contributed by atoms with Gasteiger partial charge in [-0.2, -0.15) is 15.5 Å². The Hall–Kier alpha value is -5.82. The van der Waals surface area contributed by atoms with Crippen LogP contribution in [0.5, 0.6) is 0 Å². The molecule has 0 atom stereocenters. The van der Waals surface area contributed by atoms with Crippen LogP contribution in [0, 0.1) is 11.3 Å². The number of urea groups is 1. The van der Waals surface area contributed by atoms with Crippen LogP contribution in [-0.4, -0.2) is 110 Å². The van der Waals surface area contributed by atoms with Gasteiger partial charge in [0.25, 0.3) is 5.91 Å². The lowest BCUT2D eigenvalue weighted by Gasteiger charge is -2.50. The van der Waals surface area contributed by atoms with Gasteiger partial charge in [-0.1, -0.05) is 0 Å². The Kier molecular flexibility index (Phi) is 9.42. The molecule has 4 saturated heterocycles. The van der Waals surface area contributed by atoms with Gasteiger partial charge in [-0.25, -0.2) is 9.31 Å². The third-order valence-corrected chi connectivity index (χ3v) is 12.3. The molecule has 15 heteroatoms. The number of fused-ring (bicyclic) bond motifs is 2. The number of amides is 4. The van der Waals surface area contributed by atoms with Crippen LogP contribution in [0.15, 0.2) is 67.0 Å². The number of anilines is 3. The summed E-state index contributed by atoms with van der Waals surface area (Å²) >= 11 is 0. The van der Waals surface area contributed by atoms with Gasteiger partial charge in [-0.15, -0.1) is 0 Å². The number of imide groups is 1. The number of hydrogen-bond donors (Lipinski definition) is 3. The zero-order valence-electron chi connectivity index (χ0n) is 32.3. The Morgan fingerprint density at radius 3 is 2.26 bits per heavy atom. The predicted molar refractivity (Wildman–Crippen MR) is 215 cm³/mol. The molecular formula is C42H47N11O4. The van der Waals surface area contributed by atoms with Gasteiger partial charge in [0.15, 0.2) is 0 Å². The maximum absolute atomic E-state index is 13.5. The summed E-state index contributed by atoms with van der Waals surface area (Å²) in [5.41, 5.74) is 3.98. The lowest BCUT2D eigenvalue weighted by molar-refractivity contribution is -0.120. The first kappa shape index (κ1) is 36.8. The number of benzene rings is 2. The number of carbonyl (C=O) groups excluding carboxylic acids is 3. The number of likely N-dealkylation sites (tertiary alicyclic amines) is 2. The predicted octanol–water partition coefficient (Wildman–Crippen LogP) is 4.47. The molecule has 0 aliphatic carbocycles. The van der Waals surface area contributed by atoms with Crippen molar-refractivity contribution < 1.29 is 19.5 Å². The standard InChI is InChI=1S/C42H47N11O4/c1-42(2,57)35-21-36-28(20-37(35)45-40(55)38-8-7-33-19-27(22-43)23-44-53(33)38)24-52(47-36)32-11-16-48(17-12-32)30-9-14-49(15-10-30)34-25-50(26-34)29-3-5-31(6-4-29)51-18-13-39(54)46-41(51)56/h3-8,19-21,23-24,30,32,34,57H,9-18,25-26H2,1-2H3,(H,45,55)(H,46,54,56). The summed E-state index contributed by atoms with van der Waals surface area (Å²) in [5, 5.41) is 35.9. The number of rotatable bonds is 8. The van der Waals surface area contributed by atoms with Crippen molar-refractivity contribution in [1.29, 1.82) is 5.26 Å². The number of aliphatic hydroxyl groups is 1. The quantitative estimate of drug-likeness (QED) is 0.205. The normalized spacial score (nSPS) is 19.5. The fraction of sp³-hybridized carbons (Fsp3) is 0.429. The van der Waals surface area contributed by atoms with Crippen molar-refractivity contribution in [3.8, 4) is 6.07 Å². The zero-order valence-corrected chi connectivity index (χ0v) is 32.3. The van der Waals surface area contributed by atoms with E-state index in [0.29, 0.717) is 53.1 Å². The highest BCUT2D eigenvalue weighted by molar-refractivity contribution is 6.06. The minimum Gasteiger partial charge on any atom is -0.386 e. The van der Waals surface area contributed by atoms with Crippen molar-refractivity contribution in [3.05, 3.63) is 83.8 Å². The van der Waals surface area contributed by atoms with Crippen LogP contribution in [0.3, 0.4) is 0 Å². The molecule has 4 fully saturated rings. The molecule has 4 aliphatic heterocycles. The summed E-state index contributed by atoms with van der Waals surface area (Å²) in [4.78, 5) is 46.6. The first-order valence-electron chi connectivity index (χ1n) is 19.9. The van der Waals surface area contributed by atoms with E-state index in [1.54, 1.807) is 36.9 Å². The Morgan fingerprint density at radius 2 is 1.58 bits per heavy atom. The average molecular weight is 770 g/mol. The number of nitrogens with zero attached hydrogens (tertiary/aromatic N) is 9. The molecule has 4 aliphatic rings. The van der Waals surface area contributed by atoms with E-state index in [0.717, 1.165) is 74.4 Å². The van der Waals surface area contributed by atoms with Crippen molar-refractivity contribution in [2.24, 2.45) is 0 Å². The van der Waals surface area contributed by atoms with E-state index >= 15 is 0 Å². The van der Waals surface area contributed by atoms with Crippen molar-refractivity contribution >= 4 is 51.3 Å². The van der Waals surface area contributed by atoms with Crippen LogP contribution in [0.1, 0.15) is 73.6 Å². The van der Waals surface area contributed by atoms with Gasteiger partial charge in [0.2, 0.25) is 5.91 Å².